The van der Waals surface area contributed by atoms with Crippen molar-refractivity contribution in [2.24, 2.45) is 5.73 Å². The van der Waals surface area contributed by atoms with Crippen LogP contribution in [-0.4, -0.2) is 21.8 Å². The van der Waals surface area contributed by atoms with Gasteiger partial charge in [0.25, 0.3) is 0 Å². The smallest absolute Gasteiger partial charge is 0.238 e. The lowest BCUT2D eigenvalue weighted by Gasteiger charge is -2.05. The fourth-order valence-corrected chi connectivity index (χ4v) is 2.46. The molecule has 2 aromatic heterocycles. The molecule has 22 heavy (non-hydrogen) atoms. The summed E-state index contributed by atoms with van der Waals surface area (Å²) in [7, 11) is 0. The summed E-state index contributed by atoms with van der Waals surface area (Å²) in [4.78, 5) is 16.0. The number of aryl methyl sites for hydroxylation is 1. The average molecular weight is 315 g/mol. The van der Waals surface area contributed by atoms with E-state index in [0.717, 1.165) is 22.6 Å². The highest BCUT2D eigenvalue weighted by Gasteiger charge is 2.11. The summed E-state index contributed by atoms with van der Waals surface area (Å²) in [5, 5.41) is 3.43. The first-order valence-corrected chi connectivity index (χ1v) is 7.21. The number of hydrogen-bond acceptors (Lipinski definition) is 3. The van der Waals surface area contributed by atoms with Crippen LogP contribution in [-0.2, 0) is 4.79 Å². The molecule has 2 heterocycles. The Morgan fingerprint density at radius 2 is 2.00 bits per heavy atom. The zero-order valence-electron chi connectivity index (χ0n) is 12.0. The molecule has 3 N–H and O–H groups in total. The second-order valence-corrected chi connectivity index (χ2v) is 5.39. The van der Waals surface area contributed by atoms with Crippen LogP contribution in [0.2, 0.25) is 5.02 Å². The SMILES string of the molecule is Cc1c(-c2ccc(Cl)cc2)nc2ccc(NC(=O)CN)cn12. The highest BCUT2D eigenvalue weighted by Crippen LogP contribution is 2.26. The van der Waals surface area contributed by atoms with Gasteiger partial charge in [0.2, 0.25) is 5.91 Å². The Balaban J connectivity index is 2.05. The van der Waals surface area contributed by atoms with Crippen molar-refractivity contribution in [1.82, 2.24) is 9.38 Å². The predicted molar refractivity (Wildman–Crippen MR) is 88.1 cm³/mol. The van der Waals surface area contributed by atoms with Crippen molar-refractivity contribution < 1.29 is 4.79 Å². The molecule has 0 unspecified atom stereocenters. The van der Waals surface area contributed by atoms with Gasteiger partial charge in [0.1, 0.15) is 5.65 Å². The number of fused-ring (bicyclic) bond motifs is 1. The topological polar surface area (TPSA) is 72.4 Å². The van der Waals surface area contributed by atoms with Crippen molar-refractivity contribution in [1.29, 1.82) is 0 Å². The maximum absolute atomic E-state index is 11.4. The fourth-order valence-electron chi connectivity index (χ4n) is 2.33. The average Bonchev–Trinajstić information content (AvgIpc) is 2.85. The van der Waals surface area contributed by atoms with E-state index in [1.807, 2.05) is 47.9 Å². The van der Waals surface area contributed by atoms with Gasteiger partial charge in [0.05, 0.1) is 17.9 Å². The number of anilines is 1. The van der Waals surface area contributed by atoms with E-state index in [-0.39, 0.29) is 12.5 Å². The monoisotopic (exact) mass is 314 g/mol. The van der Waals surface area contributed by atoms with E-state index >= 15 is 0 Å². The van der Waals surface area contributed by atoms with Crippen LogP contribution in [0.15, 0.2) is 42.6 Å². The van der Waals surface area contributed by atoms with Gasteiger partial charge in [-0.15, -0.1) is 0 Å². The third kappa shape index (κ3) is 2.68. The lowest BCUT2D eigenvalue weighted by molar-refractivity contribution is -0.114. The number of pyridine rings is 1. The van der Waals surface area contributed by atoms with Crippen LogP contribution < -0.4 is 11.1 Å². The summed E-state index contributed by atoms with van der Waals surface area (Å²) in [5.41, 5.74) is 9.69. The Kier molecular flexibility index (Phi) is 3.83. The molecule has 0 radical (unpaired) electrons. The molecule has 1 amide bonds. The summed E-state index contributed by atoms with van der Waals surface area (Å²) in [5.74, 6) is -0.227. The number of carbonyl (C=O) groups excluding carboxylic acids is 1. The Labute approximate surface area is 132 Å². The molecule has 0 aliphatic rings. The van der Waals surface area contributed by atoms with E-state index in [1.165, 1.54) is 0 Å². The molecule has 3 rings (SSSR count). The number of nitrogens with zero attached hydrogens (tertiary/aromatic N) is 2. The fraction of sp³-hybridized carbons (Fsp3) is 0.125. The van der Waals surface area contributed by atoms with Crippen molar-refractivity contribution in [3.05, 3.63) is 53.3 Å². The highest BCUT2D eigenvalue weighted by molar-refractivity contribution is 6.30. The first kappa shape index (κ1) is 14.6. The molecule has 0 saturated heterocycles. The van der Waals surface area contributed by atoms with Gasteiger partial charge < -0.3 is 15.5 Å². The Bertz CT molecular complexity index is 839. The zero-order chi connectivity index (χ0) is 15.7. The normalized spacial score (nSPS) is 10.9. The molecule has 1 aromatic carbocycles. The van der Waals surface area contributed by atoms with Crippen LogP contribution in [0.1, 0.15) is 5.69 Å². The number of aromatic nitrogens is 2. The van der Waals surface area contributed by atoms with Crippen LogP contribution in [0.3, 0.4) is 0 Å². The van der Waals surface area contributed by atoms with Gasteiger partial charge in [-0.25, -0.2) is 4.98 Å². The molecule has 0 spiro atoms. The van der Waals surface area contributed by atoms with Crippen molar-refractivity contribution in [2.75, 3.05) is 11.9 Å². The minimum atomic E-state index is -0.227. The molecular weight excluding hydrogens is 300 g/mol. The van der Waals surface area contributed by atoms with Gasteiger partial charge in [0, 0.05) is 22.5 Å². The van der Waals surface area contributed by atoms with E-state index in [9.17, 15) is 4.79 Å². The van der Waals surface area contributed by atoms with E-state index in [1.54, 1.807) is 6.07 Å². The number of nitrogens with one attached hydrogen (secondary N) is 1. The highest BCUT2D eigenvalue weighted by atomic mass is 35.5. The Morgan fingerprint density at radius 3 is 2.68 bits per heavy atom. The molecule has 6 heteroatoms. The number of carbonyl (C=O) groups is 1. The lowest BCUT2D eigenvalue weighted by Crippen LogP contribution is -2.21. The Morgan fingerprint density at radius 1 is 1.27 bits per heavy atom. The quantitative estimate of drug-likeness (QED) is 0.780. The Hall–Kier alpha value is -2.37. The van der Waals surface area contributed by atoms with E-state index < -0.39 is 0 Å². The molecule has 0 saturated carbocycles. The summed E-state index contributed by atoms with van der Waals surface area (Å²) in [6, 6.07) is 11.2. The van der Waals surface area contributed by atoms with Crippen molar-refractivity contribution in [2.45, 2.75) is 6.92 Å². The molecule has 112 valence electrons. The number of imidazole rings is 1. The van der Waals surface area contributed by atoms with E-state index in [2.05, 4.69) is 10.3 Å². The first-order valence-electron chi connectivity index (χ1n) is 6.83. The molecule has 0 aliphatic heterocycles. The molecule has 0 bridgehead atoms. The molecule has 3 aromatic rings. The summed E-state index contributed by atoms with van der Waals surface area (Å²) < 4.78 is 1.94. The van der Waals surface area contributed by atoms with Crippen molar-refractivity contribution in [3.63, 3.8) is 0 Å². The molecule has 0 aliphatic carbocycles. The number of benzene rings is 1. The number of halogens is 1. The lowest BCUT2D eigenvalue weighted by atomic mass is 10.1. The maximum atomic E-state index is 11.4. The third-order valence-corrected chi connectivity index (χ3v) is 3.70. The molecule has 0 atom stereocenters. The van der Waals surface area contributed by atoms with Gasteiger partial charge >= 0.3 is 0 Å². The number of amides is 1. The van der Waals surface area contributed by atoms with E-state index in [4.69, 9.17) is 17.3 Å². The van der Waals surface area contributed by atoms with Crippen LogP contribution in [0.4, 0.5) is 5.69 Å². The number of nitrogens with two attached hydrogens (primary N) is 1. The third-order valence-electron chi connectivity index (χ3n) is 3.44. The molecule has 0 fully saturated rings. The van der Waals surface area contributed by atoms with Crippen LogP contribution >= 0.6 is 11.6 Å². The van der Waals surface area contributed by atoms with Crippen LogP contribution in [0.5, 0.6) is 0 Å². The minimum Gasteiger partial charge on any atom is -0.324 e. The summed E-state index contributed by atoms with van der Waals surface area (Å²) in [6.45, 7) is 1.94. The standard InChI is InChI=1S/C16H15ClN4O/c1-10-16(11-2-4-12(17)5-3-11)20-14-7-6-13(9-21(10)14)19-15(22)8-18/h2-7,9H,8,18H2,1H3,(H,19,22). The first-order chi connectivity index (χ1) is 10.6. The number of hydrogen-bond donors (Lipinski definition) is 2. The molecule has 5 nitrogen and oxygen atoms in total. The second kappa shape index (κ2) is 5.79. The van der Waals surface area contributed by atoms with Crippen LogP contribution in [0, 0.1) is 6.92 Å². The summed E-state index contributed by atoms with van der Waals surface area (Å²) >= 11 is 5.92. The number of rotatable bonds is 3. The van der Waals surface area contributed by atoms with Crippen molar-refractivity contribution in [3.8, 4) is 11.3 Å². The molecular formula is C16H15ClN4O. The van der Waals surface area contributed by atoms with Gasteiger partial charge in [-0.2, -0.15) is 0 Å². The second-order valence-electron chi connectivity index (χ2n) is 4.95. The van der Waals surface area contributed by atoms with Gasteiger partial charge in [0.15, 0.2) is 0 Å². The predicted octanol–water partition coefficient (Wildman–Crippen LogP) is 2.86. The van der Waals surface area contributed by atoms with Gasteiger partial charge in [-0.05, 0) is 31.2 Å². The van der Waals surface area contributed by atoms with E-state index in [0.29, 0.717) is 10.7 Å². The van der Waals surface area contributed by atoms with Crippen molar-refractivity contribution >= 4 is 28.8 Å². The largest absolute Gasteiger partial charge is 0.324 e. The zero-order valence-corrected chi connectivity index (χ0v) is 12.8. The van der Waals surface area contributed by atoms with Gasteiger partial charge in [-0.1, -0.05) is 23.7 Å². The minimum absolute atomic E-state index is 0.0447. The van der Waals surface area contributed by atoms with Crippen LogP contribution in [0.25, 0.3) is 16.9 Å². The summed E-state index contributed by atoms with van der Waals surface area (Å²) in [6.07, 6.45) is 1.84. The maximum Gasteiger partial charge on any atom is 0.238 e. The van der Waals surface area contributed by atoms with Gasteiger partial charge in [-0.3, -0.25) is 4.79 Å².